The lowest BCUT2D eigenvalue weighted by molar-refractivity contribution is 0.767. The SMILES string of the molecule is Cn1cc(C#Cc2ccc3ncccc3c2)cn1. The highest BCUT2D eigenvalue weighted by atomic mass is 15.2. The van der Waals surface area contributed by atoms with Crippen molar-refractivity contribution in [2.75, 3.05) is 0 Å². The Morgan fingerprint density at radius 1 is 1.11 bits per heavy atom. The van der Waals surface area contributed by atoms with Gasteiger partial charge in [-0.1, -0.05) is 17.9 Å². The molecule has 0 atom stereocenters. The van der Waals surface area contributed by atoms with Gasteiger partial charge in [0.05, 0.1) is 17.3 Å². The van der Waals surface area contributed by atoms with E-state index in [-0.39, 0.29) is 0 Å². The van der Waals surface area contributed by atoms with Crippen LogP contribution in [0.2, 0.25) is 0 Å². The van der Waals surface area contributed by atoms with E-state index in [0.717, 1.165) is 22.0 Å². The zero-order chi connectivity index (χ0) is 12.4. The lowest BCUT2D eigenvalue weighted by atomic mass is 10.1. The molecule has 0 spiro atoms. The van der Waals surface area contributed by atoms with Crippen LogP contribution in [0, 0.1) is 11.8 Å². The Labute approximate surface area is 105 Å². The third-order valence-electron chi connectivity index (χ3n) is 2.66. The van der Waals surface area contributed by atoms with Gasteiger partial charge in [-0.05, 0) is 24.3 Å². The average Bonchev–Trinajstić information content (AvgIpc) is 2.82. The summed E-state index contributed by atoms with van der Waals surface area (Å²) in [5, 5.41) is 5.19. The first-order valence-electron chi connectivity index (χ1n) is 5.67. The van der Waals surface area contributed by atoms with Crippen LogP contribution in [0.4, 0.5) is 0 Å². The summed E-state index contributed by atoms with van der Waals surface area (Å²) in [7, 11) is 1.88. The van der Waals surface area contributed by atoms with Gasteiger partial charge in [-0.3, -0.25) is 9.67 Å². The van der Waals surface area contributed by atoms with Crippen LogP contribution in [-0.4, -0.2) is 14.8 Å². The van der Waals surface area contributed by atoms with Gasteiger partial charge in [0.2, 0.25) is 0 Å². The van der Waals surface area contributed by atoms with E-state index < -0.39 is 0 Å². The van der Waals surface area contributed by atoms with Crippen molar-refractivity contribution < 1.29 is 0 Å². The molecule has 3 nitrogen and oxygen atoms in total. The van der Waals surface area contributed by atoms with E-state index in [1.165, 1.54) is 0 Å². The van der Waals surface area contributed by atoms with Crippen LogP contribution in [0.3, 0.4) is 0 Å². The Bertz CT molecular complexity index is 760. The number of aryl methyl sites for hydroxylation is 1. The van der Waals surface area contributed by atoms with E-state index >= 15 is 0 Å². The maximum absolute atomic E-state index is 4.28. The lowest BCUT2D eigenvalue weighted by Gasteiger charge is -1.96. The van der Waals surface area contributed by atoms with Gasteiger partial charge in [0, 0.05) is 30.4 Å². The first-order valence-corrected chi connectivity index (χ1v) is 5.67. The van der Waals surface area contributed by atoms with Gasteiger partial charge >= 0.3 is 0 Å². The topological polar surface area (TPSA) is 30.7 Å². The molecule has 0 radical (unpaired) electrons. The number of benzene rings is 1. The van der Waals surface area contributed by atoms with Crippen molar-refractivity contribution in [3.63, 3.8) is 0 Å². The molecular weight excluding hydrogens is 222 g/mol. The van der Waals surface area contributed by atoms with Crippen LogP contribution in [0.15, 0.2) is 48.9 Å². The summed E-state index contributed by atoms with van der Waals surface area (Å²) in [5.41, 5.74) is 2.90. The van der Waals surface area contributed by atoms with Gasteiger partial charge in [-0.25, -0.2) is 0 Å². The van der Waals surface area contributed by atoms with E-state index in [1.807, 2.05) is 43.6 Å². The molecule has 0 amide bonds. The molecular formula is C15H11N3. The molecule has 0 aliphatic carbocycles. The van der Waals surface area contributed by atoms with Crippen molar-refractivity contribution in [2.24, 2.45) is 7.05 Å². The van der Waals surface area contributed by atoms with Crippen molar-refractivity contribution in [3.05, 3.63) is 60.0 Å². The van der Waals surface area contributed by atoms with Gasteiger partial charge in [0.1, 0.15) is 0 Å². The molecule has 0 aliphatic heterocycles. The largest absolute Gasteiger partial charge is 0.275 e. The molecule has 0 unspecified atom stereocenters. The van der Waals surface area contributed by atoms with Crippen molar-refractivity contribution in [2.45, 2.75) is 0 Å². The van der Waals surface area contributed by atoms with E-state index in [1.54, 1.807) is 17.1 Å². The summed E-state index contributed by atoms with van der Waals surface area (Å²) >= 11 is 0. The standard InChI is InChI=1S/C15H11N3/c1-18-11-13(10-17-18)5-4-12-6-7-15-14(9-12)3-2-8-16-15/h2-3,6-11H,1H3. The number of fused-ring (bicyclic) bond motifs is 1. The monoisotopic (exact) mass is 233 g/mol. The minimum atomic E-state index is 0.920. The summed E-state index contributed by atoms with van der Waals surface area (Å²) in [5.74, 6) is 6.23. The minimum absolute atomic E-state index is 0.920. The molecule has 0 saturated heterocycles. The summed E-state index contributed by atoms with van der Waals surface area (Å²) in [4.78, 5) is 4.28. The van der Waals surface area contributed by atoms with Gasteiger partial charge in [-0.15, -0.1) is 0 Å². The Morgan fingerprint density at radius 2 is 2.00 bits per heavy atom. The summed E-state index contributed by atoms with van der Waals surface area (Å²) in [6.45, 7) is 0. The first-order chi connectivity index (χ1) is 8.81. The highest BCUT2D eigenvalue weighted by Crippen LogP contribution is 2.12. The maximum atomic E-state index is 4.28. The Morgan fingerprint density at radius 3 is 2.83 bits per heavy atom. The molecule has 0 bridgehead atoms. The Balaban J connectivity index is 1.98. The first kappa shape index (κ1) is 10.5. The molecule has 18 heavy (non-hydrogen) atoms. The Hall–Kier alpha value is -2.60. The molecule has 3 rings (SSSR count). The number of pyridine rings is 1. The van der Waals surface area contributed by atoms with E-state index in [9.17, 15) is 0 Å². The maximum Gasteiger partial charge on any atom is 0.0702 e. The molecule has 2 heterocycles. The van der Waals surface area contributed by atoms with Crippen LogP contribution in [-0.2, 0) is 7.05 Å². The van der Waals surface area contributed by atoms with Crippen LogP contribution in [0.1, 0.15) is 11.1 Å². The fourth-order valence-corrected chi connectivity index (χ4v) is 1.78. The third-order valence-corrected chi connectivity index (χ3v) is 2.66. The van der Waals surface area contributed by atoms with Crippen LogP contribution in [0.25, 0.3) is 10.9 Å². The second-order valence-corrected chi connectivity index (χ2v) is 4.06. The van der Waals surface area contributed by atoms with Crippen molar-refractivity contribution in [1.82, 2.24) is 14.8 Å². The van der Waals surface area contributed by atoms with Crippen LogP contribution < -0.4 is 0 Å². The number of hydrogen-bond donors (Lipinski definition) is 0. The summed E-state index contributed by atoms with van der Waals surface area (Å²) < 4.78 is 1.74. The number of nitrogens with zero attached hydrogens (tertiary/aromatic N) is 3. The number of rotatable bonds is 0. The van der Waals surface area contributed by atoms with Crippen LogP contribution >= 0.6 is 0 Å². The van der Waals surface area contributed by atoms with E-state index in [0.29, 0.717) is 0 Å². The second-order valence-electron chi connectivity index (χ2n) is 4.06. The molecule has 0 fully saturated rings. The molecule has 0 N–H and O–H groups in total. The predicted octanol–water partition coefficient (Wildman–Crippen LogP) is 2.37. The molecule has 1 aromatic carbocycles. The molecule has 3 aromatic rings. The average molecular weight is 233 g/mol. The second kappa shape index (κ2) is 4.34. The zero-order valence-electron chi connectivity index (χ0n) is 9.96. The molecule has 3 heteroatoms. The number of hydrogen-bond acceptors (Lipinski definition) is 2. The van der Waals surface area contributed by atoms with Gasteiger partial charge < -0.3 is 0 Å². The highest BCUT2D eigenvalue weighted by molar-refractivity contribution is 5.79. The summed E-state index contributed by atoms with van der Waals surface area (Å²) in [6, 6.07) is 9.99. The van der Waals surface area contributed by atoms with Gasteiger partial charge in [-0.2, -0.15) is 5.10 Å². The third kappa shape index (κ3) is 2.09. The van der Waals surface area contributed by atoms with Crippen molar-refractivity contribution in [1.29, 1.82) is 0 Å². The highest BCUT2D eigenvalue weighted by Gasteiger charge is 1.94. The van der Waals surface area contributed by atoms with Crippen molar-refractivity contribution >= 4 is 10.9 Å². The quantitative estimate of drug-likeness (QED) is 0.558. The van der Waals surface area contributed by atoms with Crippen LogP contribution in [0.5, 0.6) is 0 Å². The lowest BCUT2D eigenvalue weighted by Crippen LogP contribution is -1.84. The molecule has 2 aromatic heterocycles. The van der Waals surface area contributed by atoms with Gasteiger partial charge in [0.15, 0.2) is 0 Å². The minimum Gasteiger partial charge on any atom is -0.275 e. The fraction of sp³-hybridized carbons (Fsp3) is 0.0667. The van der Waals surface area contributed by atoms with Gasteiger partial charge in [0.25, 0.3) is 0 Å². The summed E-state index contributed by atoms with van der Waals surface area (Å²) in [6.07, 6.45) is 5.45. The van der Waals surface area contributed by atoms with E-state index in [2.05, 4.69) is 21.9 Å². The molecule has 0 saturated carbocycles. The van der Waals surface area contributed by atoms with E-state index in [4.69, 9.17) is 0 Å². The zero-order valence-corrected chi connectivity index (χ0v) is 9.96. The van der Waals surface area contributed by atoms with Crippen molar-refractivity contribution in [3.8, 4) is 11.8 Å². The fourth-order valence-electron chi connectivity index (χ4n) is 1.78. The smallest absolute Gasteiger partial charge is 0.0702 e. The normalized spacial score (nSPS) is 10.1. The Kier molecular flexibility index (Phi) is 2.54. The predicted molar refractivity (Wildman–Crippen MR) is 70.9 cm³/mol. The molecule has 0 aliphatic rings. The number of aromatic nitrogens is 3. The molecule has 86 valence electrons.